The van der Waals surface area contributed by atoms with Crippen LogP contribution in [0.3, 0.4) is 0 Å². The molecule has 0 aliphatic carbocycles. The summed E-state index contributed by atoms with van der Waals surface area (Å²) in [5.74, 6) is 0.882. The number of aromatic nitrogens is 2. The number of nitrogens with one attached hydrogen (secondary N) is 1. The SMILES string of the molecule is Cc1cncc(CNc2ccc(Br)c(C)n2)c1. The van der Waals surface area contributed by atoms with Gasteiger partial charge in [0.25, 0.3) is 0 Å². The molecule has 2 aromatic heterocycles. The molecule has 0 unspecified atom stereocenters. The fourth-order valence-corrected chi connectivity index (χ4v) is 1.77. The van der Waals surface area contributed by atoms with E-state index < -0.39 is 0 Å². The maximum atomic E-state index is 4.43. The van der Waals surface area contributed by atoms with Gasteiger partial charge in [-0.1, -0.05) is 6.07 Å². The van der Waals surface area contributed by atoms with E-state index in [0.717, 1.165) is 28.1 Å². The van der Waals surface area contributed by atoms with Gasteiger partial charge in [-0.15, -0.1) is 0 Å². The fourth-order valence-electron chi connectivity index (χ4n) is 1.55. The van der Waals surface area contributed by atoms with E-state index in [1.807, 2.05) is 38.4 Å². The van der Waals surface area contributed by atoms with Gasteiger partial charge >= 0.3 is 0 Å². The summed E-state index contributed by atoms with van der Waals surface area (Å²) in [6.45, 7) is 4.75. The highest BCUT2D eigenvalue weighted by Gasteiger charge is 1.99. The van der Waals surface area contributed by atoms with Crippen LogP contribution < -0.4 is 5.32 Å². The van der Waals surface area contributed by atoms with E-state index in [-0.39, 0.29) is 0 Å². The second-order valence-electron chi connectivity index (χ2n) is 3.99. The predicted molar refractivity (Wildman–Crippen MR) is 73.0 cm³/mol. The summed E-state index contributed by atoms with van der Waals surface area (Å²) < 4.78 is 1.03. The number of halogens is 1. The first-order valence-electron chi connectivity index (χ1n) is 5.43. The third-order valence-electron chi connectivity index (χ3n) is 2.43. The van der Waals surface area contributed by atoms with Gasteiger partial charge in [0.2, 0.25) is 0 Å². The number of nitrogens with zero attached hydrogens (tertiary/aromatic N) is 2. The van der Waals surface area contributed by atoms with Crippen molar-refractivity contribution in [1.82, 2.24) is 9.97 Å². The van der Waals surface area contributed by atoms with Gasteiger partial charge in [-0.3, -0.25) is 4.98 Å². The quantitative estimate of drug-likeness (QED) is 0.941. The number of aryl methyl sites for hydroxylation is 2. The van der Waals surface area contributed by atoms with Crippen molar-refractivity contribution in [2.24, 2.45) is 0 Å². The lowest BCUT2D eigenvalue weighted by molar-refractivity contribution is 1.06. The normalized spacial score (nSPS) is 10.3. The van der Waals surface area contributed by atoms with Crippen molar-refractivity contribution < 1.29 is 0 Å². The summed E-state index contributed by atoms with van der Waals surface area (Å²) in [7, 11) is 0. The molecule has 2 rings (SSSR count). The van der Waals surface area contributed by atoms with Gasteiger partial charge in [-0.05, 0) is 53.0 Å². The molecule has 0 saturated carbocycles. The van der Waals surface area contributed by atoms with Crippen molar-refractivity contribution in [3.05, 3.63) is 51.9 Å². The van der Waals surface area contributed by atoms with Crippen LogP contribution in [0.5, 0.6) is 0 Å². The second kappa shape index (κ2) is 5.27. The smallest absolute Gasteiger partial charge is 0.126 e. The van der Waals surface area contributed by atoms with Crippen molar-refractivity contribution in [3.63, 3.8) is 0 Å². The highest BCUT2D eigenvalue weighted by atomic mass is 79.9. The summed E-state index contributed by atoms with van der Waals surface area (Å²) in [6.07, 6.45) is 3.72. The Bertz CT molecular complexity index is 526. The maximum Gasteiger partial charge on any atom is 0.126 e. The molecule has 0 atom stereocenters. The van der Waals surface area contributed by atoms with E-state index in [2.05, 4.69) is 37.3 Å². The summed E-state index contributed by atoms with van der Waals surface area (Å²) >= 11 is 3.43. The van der Waals surface area contributed by atoms with Crippen molar-refractivity contribution in [2.75, 3.05) is 5.32 Å². The Labute approximate surface area is 109 Å². The van der Waals surface area contributed by atoms with E-state index >= 15 is 0 Å². The van der Waals surface area contributed by atoms with Crippen LogP contribution in [0, 0.1) is 13.8 Å². The molecule has 0 aromatic carbocycles. The molecular weight excluding hydrogens is 278 g/mol. The Hall–Kier alpha value is -1.42. The van der Waals surface area contributed by atoms with Crippen LogP contribution >= 0.6 is 15.9 Å². The molecular formula is C13H14BrN3. The monoisotopic (exact) mass is 291 g/mol. The Morgan fingerprint density at radius 1 is 1.24 bits per heavy atom. The zero-order chi connectivity index (χ0) is 12.3. The molecule has 88 valence electrons. The Morgan fingerprint density at radius 2 is 2.06 bits per heavy atom. The van der Waals surface area contributed by atoms with Crippen molar-refractivity contribution >= 4 is 21.7 Å². The molecule has 0 radical (unpaired) electrons. The first-order chi connectivity index (χ1) is 8.15. The van der Waals surface area contributed by atoms with Crippen molar-refractivity contribution in [1.29, 1.82) is 0 Å². The minimum atomic E-state index is 0.739. The molecule has 0 saturated heterocycles. The topological polar surface area (TPSA) is 37.8 Å². The van der Waals surface area contributed by atoms with Crippen LogP contribution in [0.1, 0.15) is 16.8 Å². The third kappa shape index (κ3) is 3.27. The largest absolute Gasteiger partial charge is 0.366 e. The summed E-state index contributed by atoms with van der Waals surface area (Å²) in [4.78, 5) is 8.59. The third-order valence-corrected chi connectivity index (χ3v) is 3.26. The fraction of sp³-hybridized carbons (Fsp3) is 0.231. The van der Waals surface area contributed by atoms with Gasteiger partial charge in [-0.25, -0.2) is 4.98 Å². The van der Waals surface area contributed by atoms with E-state index in [9.17, 15) is 0 Å². The molecule has 2 aromatic rings. The molecule has 3 nitrogen and oxygen atoms in total. The lowest BCUT2D eigenvalue weighted by Crippen LogP contribution is -2.02. The van der Waals surface area contributed by atoms with Crippen molar-refractivity contribution in [2.45, 2.75) is 20.4 Å². The molecule has 0 amide bonds. The van der Waals surface area contributed by atoms with Gasteiger partial charge in [0.15, 0.2) is 0 Å². The second-order valence-corrected chi connectivity index (χ2v) is 4.84. The molecule has 17 heavy (non-hydrogen) atoms. The van der Waals surface area contributed by atoms with E-state index in [4.69, 9.17) is 0 Å². The Morgan fingerprint density at radius 3 is 2.76 bits per heavy atom. The van der Waals surface area contributed by atoms with Crippen LogP contribution in [-0.2, 0) is 6.54 Å². The Balaban J connectivity index is 2.05. The predicted octanol–water partition coefficient (Wildman–Crippen LogP) is 3.47. The summed E-state index contributed by atoms with van der Waals surface area (Å²) in [5, 5.41) is 3.28. The van der Waals surface area contributed by atoms with Crippen LogP contribution in [0.25, 0.3) is 0 Å². The number of hydrogen-bond acceptors (Lipinski definition) is 3. The van der Waals surface area contributed by atoms with Crippen LogP contribution in [0.4, 0.5) is 5.82 Å². The zero-order valence-corrected chi connectivity index (χ0v) is 11.5. The minimum absolute atomic E-state index is 0.739. The van der Waals surface area contributed by atoms with Gasteiger partial charge in [0.05, 0.1) is 5.69 Å². The van der Waals surface area contributed by atoms with E-state index in [0.29, 0.717) is 0 Å². The zero-order valence-electron chi connectivity index (χ0n) is 9.87. The standard InChI is InChI=1S/C13H14BrN3/c1-9-5-11(7-15-6-9)8-16-13-4-3-12(14)10(2)17-13/h3-7H,8H2,1-2H3,(H,16,17). The lowest BCUT2D eigenvalue weighted by atomic mass is 10.2. The molecule has 0 aliphatic heterocycles. The molecule has 2 heterocycles. The molecule has 1 N–H and O–H groups in total. The minimum Gasteiger partial charge on any atom is -0.366 e. The van der Waals surface area contributed by atoms with Gasteiger partial charge in [0.1, 0.15) is 5.82 Å². The first kappa shape index (κ1) is 12.0. The molecule has 0 fully saturated rings. The number of rotatable bonds is 3. The highest BCUT2D eigenvalue weighted by molar-refractivity contribution is 9.10. The summed E-state index contributed by atoms with van der Waals surface area (Å²) in [6, 6.07) is 6.07. The van der Waals surface area contributed by atoms with E-state index in [1.165, 1.54) is 5.56 Å². The molecule has 0 bridgehead atoms. The van der Waals surface area contributed by atoms with Crippen LogP contribution in [-0.4, -0.2) is 9.97 Å². The number of anilines is 1. The molecule has 4 heteroatoms. The molecule has 0 aliphatic rings. The van der Waals surface area contributed by atoms with Gasteiger partial charge < -0.3 is 5.32 Å². The van der Waals surface area contributed by atoms with E-state index in [1.54, 1.807) is 0 Å². The van der Waals surface area contributed by atoms with Crippen LogP contribution in [0.2, 0.25) is 0 Å². The molecule has 0 spiro atoms. The first-order valence-corrected chi connectivity index (χ1v) is 6.22. The summed E-state index contributed by atoms with van der Waals surface area (Å²) in [5.41, 5.74) is 3.31. The van der Waals surface area contributed by atoms with Gasteiger partial charge in [0, 0.05) is 23.4 Å². The number of hydrogen-bond donors (Lipinski definition) is 1. The lowest BCUT2D eigenvalue weighted by Gasteiger charge is -2.07. The highest BCUT2D eigenvalue weighted by Crippen LogP contribution is 2.16. The van der Waals surface area contributed by atoms with Crippen LogP contribution in [0.15, 0.2) is 35.1 Å². The van der Waals surface area contributed by atoms with Crippen molar-refractivity contribution in [3.8, 4) is 0 Å². The maximum absolute atomic E-state index is 4.43. The van der Waals surface area contributed by atoms with Gasteiger partial charge in [-0.2, -0.15) is 0 Å². The average molecular weight is 292 g/mol. The number of pyridine rings is 2. The average Bonchev–Trinajstić information content (AvgIpc) is 2.31. The Kier molecular flexibility index (Phi) is 3.74.